The van der Waals surface area contributed by atoms with E-state index in [1.54, 1.807) is 12.4 Å². The lowest BCUT2D eigenvalue weighted by atomic mass is 9.97. The van der Waals surface area contributed by atoms with E-state index in [2.05, 4.69) is 26.2 Å². The van der Waals surface area contributed by atoms with Crippen molar-refractivity contribution in [2.45, 2.75) is 25.3 Å². The molecule has 1 unspecified atom stereocenters. The van der Waals surface area contributed by atoms with Gasteiger partial charge in [0.1, 0.15) is 5.82 Å². The Balaban J connectivity index is 1.21. The number of aromatic amines is 1. The Kier molecular flexibility index (Phi) is 5.27. The first-order valence-corrected chi connectivity index (χ1v) is 11.6. The van der Waals surface area contributed by atoms with Gasteiger partial charge >= 0.3 is 5.69 Å². The molecule has 0 bridgehead atoms. The maximum atomic E-state index is 12.8. The minimum absolute atomic E-state index is 0.184. The number of aromatic nitrogens is 6. The number of hydrogen-bond acceptors (Lipinski definition) is 5. The molecule has 8 heteroatoms. The van der Waals surface area contributed by atoms with Crippen LogP contribution >= 0.6 is 0 Å². The number of fused-ring (bicyclic) bond motifs is 1. The largest absolute Gasteiger partial charge is 0.348 e. The van der Waals surface area contributed by atoms with Crippen LogP contribution in [0.2, 0.25) is 0 Å². The van der Waals surface area contributed by atoms with Gasteiger partial charge in [-0.15, -0.1) is 5.10 Å². The van der Waals surface area contributed by atoms with Crippen LogP contribution in [0.25, 0.3) is 22.1 Å². The fourth-order valence-corrected chi connectivity index (χ4v) is 4.82. The quantitative estimate of drug-likeness (QED) is 0.441. The lowest BCUT2D eigenvalue weighted by molar-refractivity contribution is 0.196. The van der Waals surface area contributed by atoms with Gasteiger partial charge in [-0.3, -0.25) is 14.9 Å². The molecule has 4 heterocycles. The smallest absolute Gasteiger partial charge is 0.298 e. The summed E-state index contributed by atoms with van der Waals surface area (Å²) in [7, 11) is 0. The highest BCUT2D eigenvalue weighted by Gasteiger charge is 2.25. The SMILES string of the molecule is O=c1[nH]c(C2CCCN(Cc3cnn(-c4ccccc4)c3)C2)nn1-c1cccc2cnccc12. The summed E-state index contributed by atoms with van der Waals surface area (Å²) in [5.74, 6) is 0.934. The molecule has 1 atom stereocenters. The highest BCUT2D eigenvalue weighted by atomic mass is 16.1. The number of para-hydroxylation sites is 1. The topological polar surface area (TPSA) is 84.6 Å². The van der Waals surface area contributed by atoms with Crippen LogP contribution in [0.3, 0.4) is 0 Å². The number of nitrogens with zero attached hydrogens (tertiary/aromatic N) is 6. The molecule has 8 nitrogen and oxygen atoms in total. The molecular formula is C26H25N7O. The molecule has 5 aromatic rings. The van der Waals surface area contributed by atoms with Gasteiger partial charge in [-0.25, -0.2) is 9.48 Å². The highest BCUT2D eigenvalue weighted by molar-refractivity contribution is 5.89. The molecule has 3 aromatic heterocycles. The third kappa shape index (κ3) is 3.92. The van der Waals surface area contributed by atoms with Crippen LogP contribution in [-0.2, 0) is 6.54 Å². The lowest BCUT2D eigenvalue weighted by Gasteiger charge is -2.31. The average molecular weight is 452 g/mol. The monoisotopic (exact) mass is 451 g/mol. The molecule has 1 saturated heterocycles. The van der Waals surface area contributed by atoms with Crippen molar-refractivity contribution >= 4 is 10.8 Å². The number of H-pyrrole nitrogens is 1. The van der Waals surface area contributed by atoms with Gasteiger partial charge in [0.25, 0.3) is 0 Å². The van der Waals surface area contributed by atoms with E-state index in [0.29, 0.717) is 0 Å². The molecule has 0 saturated carbocycles. The normalized spacial score (nSPS) is 16.8. The minimum Gasteiger partial charge on any atom is -0.298 e. The number of likely N-dealkylation sites (tertiary alicyclic amines) is 1. The van der Waals surface area contributed by atoms with Crippen LogP contribution in [0.15, 0.2) is 84.2 Å². The standard InChI is InChI=1S/C26H25N7O/c34-26-29-25(30-33(26)24-10-4-6-20-15-27-12-11-23(20)24)21-7-5-13-31(18-21)16-19-14-28-32(17-19)22-8-2-1-3-9-22/h1-4,6,8-12,14-15,17,21H,5,7,13,16,18H2,(H,29,30,34). The highest BCUT2D eigenvalue weighted by Crippen LogP contribution is 2.26. The number of benzene rings is 2. The van der Waals surface area contributed by atoms with Crippen molar-refractivity contribution in [3.8, 4) is 11.4 Å². The molecule has 0 radical (unpaired) electrons. The van der Waals surface area contributed by atoms with Crippen LogP contribution in [0, 0.1) is 0 Å². The van der Waals surface area contributed by atoms with Gasteiger partial charge in [0.2, 0.25) is 0 Å². The third-order valence-electron chi connectivity index (χ3n) is 6.48. The first-order chi connectivity index (χ1) is 16.7. The van der Waals surface area contributed by atoms with Crippen molar-refractivity contribution in [3.05, 3.63) is 101 Å². The zero-order valence-electron chi connectivity index (χ0n) is 18.7. The summed E-state index contributed by atoms with van der Waals surface area (Å²) in [6.45, 7) is 2.70. The summed E-state index contributed by atoms with van der Waals surface area (Å²) in [5.41, 5.74) is 2.79. The van der Waals surface area contributed by atoms with E-state index in [1.807, 2.05) is 65.5 Å². The van der Waals surface area contributed by atoms with Gasteiger partial charge in [-0.1, -0.05) is 30.3 Å². The molecular weight excluding hydrogens is 426 g/mol. The van der Waals surface area contributed by atoms with Crippen LogP contribution in [0.1, 0.15) is 30.1 Å². The summed E-state index contributed by atoms with van der Waals surface area (Å²) in [6, 6.07) is 17.9. The number of hydrogen-bond donors (Lipinski definition) is 1. The molecule has 6 rings (SSSR count). The Hall–Kier alpha value is -4.04. The summed E-state index contributed by atoms with van der Waals surface area (Å²) < 4.78 is 3.40. The van der Waals surface area contributed by atoms with Crippen molar-refractivity contribution in [2.75, 3.05) is 13.1 Å². The van der Waals surface area contributed by atoms with Gasteiger partial charge in [0.05, 0.1) is 17.6 Å². The fourth-order valence-electron chi connectivity index (χ4n) is 4.82. The summed E-state index contributed by atoms with van der Waals surface area (Å²) in [5, 5.41) is 11.2. The van der Waals surface area contributed by atoms with Crippen molar-refractivity contribution < 1.29 is 0 Å². The first-order valence-electron chi connectivity index (χ1n) is 11.6. The van der Waals surface area contributed by atoms with E-state index >= 15 is 0 Å². The van der Waals surface area contributed by atoms with E-state index < -0.39 is 0 Å². The molecule has 1 N–H and O–H groups in total. The second-order valence-corrected chi connectivity index (χ2v) is 8.80. The first kappa shape index (κ1) is 20.6. The van der Waals surface area contributed by atoms with Crippen LogP contribution in [-0.4, -0.2) is 47.5 Å². The Morgan fingerprint density at radius 3 is 2.85 bits per heavy atom. The number of piperidine rings is 1. The third-order valence-corrected chi connectivity index (χ3v) is 6.48. The minimum atomic E-state index is -0.208. The van der Waals surface area contributed by atoms with Gasteiger partial charge in [-0.2, -0.15) is 9.78 Å². The molecule has 34 heavy (non-hydrogen) atoms. The number of rotatable bonds is 5. The Morgan fingerprint density at radius 1 is 1.03 bits per heavy atom. The van der Waals surface area contributed by atoms with Crippen LogP contribution < -0.4 is 5.69 Å². The Morgan fingerprint density at radius 2 is 1.94 bits per heavy atom. The lowest BCUT2D eigenvalue weighted by Crippen LogP contribution is -2.34. The van der Waals surface area contributed by atoms with Crippen molar-refractivity contribution in [3.63, 3.8) is 0 Å². The zero-order chi connectivity index (χ0) is 22.9. The predicted octanol–water partition coefficient (Wildman–Crippen LogP) is 3.67. The second kappa shape index (κ2) is 8.72. The summed E-state index contributed by atoms with van der Waals surface area (Å²) in [4.78, 5) is 22.5. The van der Waals surface area contributed by atoms with Gasteiger partial charge < -0.3 is 0 Å². The van der Waals surface area contributed by atoms with E-state index in [0.717, 1.165) is 60.4 Å². The molecule has 1 aliphatic rings. The summed E-state index contributed by atoms with van der Waals surface area (Å²) >= 11 is 0. The van der Waals surface area contributed by atoms with Crippen LogP contribution in [0.5, 0.6) is 0 Å². The maximum absolute atomic E-state index is 12.8. The molecule has 170 valence electrons. The van der Waals surface area contributed by atoms with Gasteiger partial charge in [-0.05, 0) is 43.7 Å². The van der Waals surface area contributed by atoms with Gasteiger partial charge in [0.15, 0.2) is 0 Å². The molecule has 0 aliphatic carbocycles. The van der Waals surface area contributed by atoms with Crippen molar-refractivity contribution in [1.82, 2.24) is 34.4 Å². The van der Waals surface area contributed by atoms with Crippen LogP contribution in [0.4, 0.5) is 0 Å². The average Bonchev–Trinajstić information content (AvgIpc) is 3.51. The number of pyridine rings is 1. The Bertz CT molecular complexity index is 1480. The van der Waals surface area contributed by atoms with E-state index in [9.17, 15) is 4.79 Å². The predicted molar refractivity (Wildman–Crippen MR) is 130 cm³/mol. The summed E-state index contributed by atoms with van der Waals surface area (Å²) in [6.07, 6.45) is 9.63. The van der Waals surface area contributed by atoms with E-state index in [-0.39, 0.29) is 11.6 Å². The Labute approximate surface area is 196 Å². The van der Waals surface area contributed by atoms with E-state index in [4.69, 9.17) is 5.10 Å². The fraction of sp³-hybridized carbons (Fsp3) is 0.231. The number of nitrogens with one attached hydrogen (secondary N) is 1. The van der Waals surface area contributed by atoms with Crippen molar-refractivity contribution in [1.29, 1.82) is 0 Å². The second-order valence-electron chi connectivity index (χ2n) is 8.80. The van der Waals surface area contributed by atoms with E-state index in [1.165, 1.54) is 10.2 Å². The zero-order valence-corrected chi connectivity index (χ0v) is 18.7. The molecule has 1 fully saturated rings. The molecule has 0 amide bonds. The maximum Gasteiger partial charge on any atom is 0.348 e. The molecule has 1 aliphatic heterocycles. The van der Waals surface area contributed by atoms with Gasteiger partial charge in [0, 0.05) is 53.9 Å². The molecule has 0 spiro atoms. The van der Waals surface area contributed by atoms with Crippen molar-refractivity contribution in [2.24, 2.45) is 0 Å². The molecule has 2 aromatic carbocycles.